The van der Waals surface area contributed by atoms with Gasteiger partial charge in [-0.3, -0.25) is 9.59 Å². The molecule has 0 fully saturated rings. The van der Waals surface area contributed by atoms with E-state index < -0.39 is 0 Å². The molecule has 0 aliphatic carbocycles. The van der Waals surface area contributed by atoms with Crippen molar-refractivity contribution in [1.82, 2.24) is 9.88 Å². The number of carbonyl (C=O) groups excluding carboxylic acids is 2. The molecule has 0 atom stereocenters. The van der Waals surface area contributed by atoms with Crippen molar-refractivity contribution in [2.24, 2.45) is 0 Å². The number of carbonyl (C=O) groups is 2. The maximum atomic E-state index is 12.5. The van der Waals surface area contributed by atoms with Crippen LogP contribution in [0.3, 0.4) is 0 Å². The SMILES string of the molecule is Cc1cccc(NC(=O)CN(C)C(=O)c2csc(-c3ccco3)n2)c1C. The first-order valence-electron chi connectivity index (χ1n) is 8.06. The average Bonchev–Trinajstić information content (AvgIpc) is 3.29. The van der Waals surface area contributed by atoms with Crippen molar-refractivity contribution < 1.29 is 14.0 Å². The number of benzene rings is 1. The minimum atomic E-state index is -0.310. The summed E-state index contributed by atoms with van der Waals surface area (Å²) in [5, 5.41) is 5.15. The number of aryl methyl sites for hydroxylation is 1. The minimum Gasteiger partial charge on any atom is -0.462 e. The normalized spacial score (nSPS) is 10.6. The molecular weight excluding hydrogens is 350 g/mol. The Morgan fingerprint density at radius 3 is 2.77 bits per heavy atom. The first kappa shape index (κ1) is 17.9. The Balaban J connectivity index is 1.64. The first-order valence-corrected chi connectivity index (χ1v) is 8.94. The molecule has 0 radical (unpaired) electrons. The molecule has 0 saturated carbocycles. The van der Waals surface area contributed by atoms with Crippen LogP contribution in [0.5, 0.6) is 0 Å². The molecule has 2 amide bonds. The number of likely N-dealkylation sites (N-methyl/N-ethyl adjacent to an activating group) is 1. The van der Waals surface area contributed by atoms with Crippen LogP contribution in [0.1, 0.15) is 21.6 Å². The van der Waals surface area contributed by atoms with E-state index in [1.54, 1.807) is 30.8 Å². The topological polar surface area (TPSA) is 75.4 Å². The highest BCUT2D eigenvalue weighted by Crippen LogP contribution is 2.24. The molecule has 2 aromatic heterocycles. The van der Waals surface area contributed by atoms with E-state index in [1.807, 2.05) is 32.0 Å². The number of anilines is 1. The van der Waals surface area contributed by atoms with Crippen molar-refractivity contribution in [1.29, 1.82) is 0 Å². The molecule has 0 aliphatic heterocycles. The van der Waals surface area contributed by atoms with Crippen LogP contribution in [-0.2, 0) is 4.79 Å². The molecule has 1 N–H and O–H groups in total. The summed E-state index contributed by atoms with van der Waals surface area (Å²) in [4.78, 5) is 30.4. The Morgan fingerprint density at radius 1 is 1.23 bits per heavy atom. The lowest BCUT2D eigenvalue weighted by molar-refractivity contribution is -0.116. The van der Waals surface area contributed by atoms with Gasteiger partial charge in [-0.15, -0.1) is 11.3 Å². The number of nitrogens with zero attached hydrogens (tertiary/aromatic N) is 2. The molecule has 0 saturated heterocycles. The molecular formula is C19H19N3O3S. The molecule has 3 rings (SSSR count). The number of hydrogen-bond acceptors (Lipinski definition) is 5. The molecule has 7 heteroatoms. The summed E-state index contributed by atoms with van der Waals surface area (Å²) >= 11 is 1.33. The first-order chi connectivity index (χ1) is 12.5. The summed E-state index contributed by atoms with van der Waals surface area (Å²) in [6, 6.07) is 9.27. The number of rotatable bonds is 5. The highest BCUT2D eigenvalue weighted by molar-refractivity contribution is 7.13. The molecule has 3 aromatic rings. The van der Waals surface area contributed by atoms with Gasteiger partial charge < -0.3 is 14.6 Å². The van der Waals surface area contributed by atoms with E-state index in [9.17, 15) is 9.59 Å². The quantitative estimate of drug-likeness (QED) is 0.743. The van der Waals surface area contributed by atoms with Gasteiger partial charge in [0.25, 0.3) is 5.91 Å². The molecule has 0 spiro atoms. The van der Waals surface area contributed by atoms with Crippen molar-refractivity contribution in [3.8, 4) is 10.8 Å². The third-order valence-electron chi connectivity index (χ3n) is 4.06. The Labute approximate surface area is 155 Å². The second-order valence-electron chi connectivity index (χ2n) is 5.97. The largest absolute Gasteiger partial charge is 0.462 e. The van der Waals surface area contributed by atoms with Crippen molar-refractivity contribution in [2.45, 2.75) is 13.8 Å². The highest BCUT2D eigenvalue weighted by Gasteiger charge is 2.19. The number of amides is 2. The highest BCUT2D eigenvalue weighted by atomic mass is 32.1. The van der Waals surface area contributed by atoms with Crippen LogP contribution in [0.4, 0.5) is 5.69 Å². The second-order valence-corrected chi connectivity index (χ2v) is 6.83. The monoisotopic (exact) mass is 369 g/mol. The molecule has 6 nitrogen and oxygen atoms in total. The molecule has 0 aliphatic rings. The van der Waals surface area contributed by atoms with E-state index in [1.165, 1.54) is 16.2 Å². The van der Waals surface area contributed by atoms with Crippen molar-refractivity contribution in [2.75, 3.05) is 18.9 Å². The van der Waals surface area contributed by atoms with Gasteiger partial charge in [0, 0.05) is 18.1 Å². The summed E-state index contributed by atoms with van der Waals surface area (Å²) < 4.78 is 5.28. The smallest absolute Gasteiger partial charge is 0.273 e. The van der Waals surface area contributed by atoms with Gasteiger partial charge in [0.2, 0.25) is 5.91 Å². The van der Waals surface area contributed by atoms with Gasteiger partial charge in [-0.05, 0) is 43.2 Å². The van der Waals surface area contributed by atoms with Crippen LogP contribution in [0, 0.1) is 13.8 Å². The minimum absolute atomic E-state index is 0.0557. The number of hydrogen-bond donors (Lipinski definition) is 1. The standard InChI is InChI=1S/C19H19N3O3S/c1-12-6-4-7-14(13(12)2)20-17(23)10-22(3)19(24)15-11-26-18(21-15)16-8-5-9-25-16/h4-9,11H,10H2,1-3H3,(H,20,23). The molecule has 0 unspecified atom stereocenters. The third-order valence-corrected chi connectivity index (χ3v) is 4.92. The summed E-state index contributed by atoms with van der Waals surface area (Å²) in [5.41, 5.74) is 3.16. The van der Waals surface area contributed by atoms with E-state index in [0.717, 1.165) is 16.8 Å². The average molecular weight is 369 g/mol. The third kappa shape index (κ3) is 3.83. The predicted octanol–water partition coefficient (Wildman–Crippen LogP) is 3.73. The number of aromatic nitrogens is 1. The van der Waals surface area contributed by atoms with Gasteiger partial charge in [0.15, 0.2) is 10.8 Å². The Bertz CT molecular complexity index is 931. The van der Waals surface area contributed by atoms with Gasteiger partial charge in [0.05, 0.1) is 12.8 Å². The van der Waals surface area contributed by atoms with Crippen molar-refractivity contribution in [3.63, 3.8) is 0 Å². The number of thiazole rings is 1. The molecule has 2 heterocycles. The number of furan rings is 1. The summed E-state index contributed by atoms with van der Waals surface area (Å²) in [7, 11) is 1.58. The van der Waals surface area contributed by atoms with Crippen LogP contribution in [0.2, 0.25) is 0 Å². The Kier molecular flexibility index (Phi) is 5.18. The fourth-order valence-corrected chi connectivity index (χ4v) is 3.20. The fourth-order valence-electron chi connectivity index (χ4n) is 2.44. The molecule has 26 heavy (non-hydrogen) atoms. The summed E-state index contributed by atoms with van der Waals surface area (Å²) in [6.45, 7) is 3.88. The second kappa shape index (κ2) is 7.53. The lowest BCUT2D eigenvalue weighted by atomic mass is 10.1. The molecule has 0 bridgehead atoms. The fraction of sp³-hybridized carbons (Fsp3) is 0.211. The zero-order valence-corrected chi connectivity index (χ0v) is 15.6. The van der Waals surface area contributed by atoms with Gasteiger partial charge in [-0.2, -0.15) is 0 Å². The molecule has 134 valence electrons. The molecule has 1 aromatic carbocycles. The van der Waals surface area contributed by atoms with Crippen LogP contribution in [0.25, 0.3) is 10.8 Å². The van der Waals surface area contributed by atoms with Crippen molar-refractivity contribution >= 4 is 28.8 Å². The Hall–Kier alpha value is -2.93. The van der Waals surface area contributed by atoms with Gasteiger partial charge in [-0.25, -0.2) is 4.98 Å². The predicted molar refractivity (Wildman–Crippen MR) is 101 cm³/mol. The van der Waals surface area contributed by atoms with Gasteiger partial charge in [0.1, 0.15) is 5.69 Å². The van der Waals surface area contributed by atoms with E-state index in [2.05, 4.69) is 10.3 Å². The van der Waals surface area contributed by atoms with Crippen LogP contribution < -0.4 is 5.32 Å². The lowest BCUT2D eigenvalue weighted by Crippen LogP contribution is -2.35. The zero-order chi connectivity index (χ0) is 18.7. The van der Waals surface area contributed by atoms with E-state index in [-0.39, 0.29) is 18.4 Å². The van der Waals surface area contributed by atoms with Gasteiger partial charge in [-0.1, -0.05) is 12.1 Å². The van der Waals surface area contributed by atoms with Crippen LogP contribution >= 0.6 is 11.3 Å². The summed E-state index contributed by atoms with van der Waals surface area (Å²) in [6.07, 6.45) is 1.56. The maximum Gasteiger partial charge on any atom is 0.273 e. The maximum absolute atomic E-state index is 12.5. The van der Waals surface area contributed by atoms with E-state index in [4.69, 9.17) is 4.42 Å². The summed E-state index contributed by atoms with van der Waals surface area (Å²) in [5.74, 6) is 0.0515. The van der Waals surface area contributed by atoms with Gasteiger partial charge >= 0.3 is 0 Å². The van der Waals surface area contributed by atoms with Crippen LogP contribution in [-0.4, -0.2) is 35.3 Å². The Morgan fingerprint density at radius 2 is 2.04 bits per heavy atom. The van der Waals surface area contributed by atoms with E-state index in [0.29, 0.717) is 16.5 Å². The van der Waals surface area contributed by atoms with Crippen molar-refractivity contribution in [3.05, 3.63) is 58.8 Å². The van der Waals surface area contributed by atoms with E-state index >= 15 is 0 Å². The zero-order valence-electron chi connectivity index (χ0n) is 14.8. The van der Waals surface area contributed by atoms with Crippen LogP contribution in [0.15, 0.2) is 46.4 Å². The lowest BCUT2D eigenvalue weighted by Gasteiger charge is -2.16. The number of nitrogens with one attached hydrogen (secondary N) is 1.